The molecule has 1 saturated carbocycles. The molecule has 19 heavy (non-hydrogen) atoms. The minimum atomic E-state index is -1.15. The molecule has 0 saturated heterocycles. The summed E-state index contributed by atoms with van der Waals surface area (Å²) in [6.07, 6.45) is 3.55. The molecule has 2 rings (SSSR count). The van der Waals surface area contributed by atoms with Crippen molar-refractivity contribution < 1.29 is 19.8 Å². The number of nitrogens with one attached hydrogen (secondary N) is 1. The Bertz CT molecular complexity index is 475. The lowest BCUT2D eigenvalue weighted by atomic mass is 9.81. The second-order valence-electron chi connectivity index (χ2n) is 4.95. The summed E-state index contributed by atoms with van der Waals surface area (Å²) in [4.78, 5) is 23.5. The number of phenolic OH excluding ortho intramolecular Hbond substituents is 1. The molecule has 1 aliphatic carbocycles. The third-order valence-corrected chi connectivity index (χ3v) is 3.60. The van der Waals surface area contributed by atoms with Gasteiger partial charge in [-0.3, -0.25) is 4.79 Å². The molecular weight excluding hydrogens is 246 g/mol. The second kappa shape index (κ2) is 5.30. The van der Waals surface area contributed by atoms with Crippen LogP contribution in [-0.2, 0) is 4.79 Å². The third-order valence-electron chi connectivity index (χ3n) is 3.60. The van der Waals surface area contributed by atoms with Crippen LogP contribution in [0.4, 0.5) is 0 Å². The van der Waals surface area contributed by atoms with Crippen molar-refractivity contribution in [2.75, 3.05) is 0 Å². The van der Waals surface area contributed by atoms with Gasteiger partial charge in [0.15, 0.2) is 0 Å². The van der Waals surface area contributed by atoms with Crippen LogP contribution in [0.3, 0.4) is 0 Å². The average Bonchev–Trinajstić information content (AvgIpc) is 2.40. The van der Waals surface area contributed by atoms with E-state index in [9.17, 15) is 19.8 Å². The number of carboxylic acids is 1. The first-order valence-corrected chi connectivity index (χ1v) is 6.38. The molecule has 1 aliphatic rings. The van der Waals surface area contributed by atoms with Crippen LogP contribution in [0.25, 0.3) is 0 Å². The Morgan fingerprint density at radius 1 is 1.05 bits per heavy atom. The first kappa shape index (κ1) is 13.4. The molecule has 1 aromatic carbocycles. The SMILES string of the molecule is O=C(NC1(C(=O)O)CCCCC1)c1ccc(O)cc1. The van der Waals surface area contributed by atoms with Crippen LogP contribution in [0.1, 0.15) is 42.5 Å². The van der Waals surface area contributed by atoms with E-state index in [0.29, 0.717) is 18.4 Å². The Morgan fingerprint density at radius 3 is 2.16 bits per heavy atom. The van der Waals surface area contributed by atoms with E-state index in [4.69, 9.17) is 0 Å². The number of phenols is 1. The van der Waals surface area contributed by atoms with E-state index in [1.165, 1.54) is 24.3 Å². The molecule has 0 bridgehead atoms. The van der Waals surface area contributed by atoms with Crippen LogP contribution in [0.15, 0.2) is 24.3 Å². The zero-order chi connectivity index (χ0) is 13.9. The van der Waals surface area contributed by atoms with Gasteiger partial charge < -0.3 is 15.5 Å². The molecule has 0 aliphatic heterocycles. The highest BCUT2D eigenvalue weighted by molar-refractivity contribution is 5.98. The van der Waals surface area contributed by atoms with Gasteiger partial charge in [-0.25, -0.2) is 4.79 Å². The van der Waals surface area contributed by atoms with Gasteiger partial charge in [0.2, 0.25) is 0 Å². The van der Waals surface area contributed by atoms with Crippen LogP contribution in [0.2, 0.25) is 0 Å². The molecule has 0 radical (unpaired) electrons. The monoisotopic (exact) mass is 263 g/mol. The molecule has 0 atom stereocenters. The highest BCUT2D eigenvalue weighted by atomic mass is 16.4. The minimum absolute atomic E-state index is 0.0714. The largest absolute Gasteiger partial charge is 0.508 e. The maximum Gasteiger partial charge on any atom is 0.329 e. The van der Waals surface area contributed by atoms with Gasteiger partial charge in [0, 0.05) is 5.56 Å². The first-order valence-electron chi connectivity index (χ1n) is 6.38. The first-order chi connectivity index (χ1) is 9.03. The third kappa shape index (κ3) is 2.86. The number of hydrogen-bond donors (Lipinski definition) is 3. The molecule has 0 heterocycles. The van der Waals surface area contributed by atoms with Crippen molar-refractivity contribution >= 4 is 11.9 Å². The molecule has 3 N–H and O–H groups in total. The van der Waals surface area contributed by atoms with Crippen LogP contribution in [0, 0.1) is 0 Å². The molecule has 1 amide bonds. The zero-order valence-electron chi connectivity index (χ0n) is 10.6. The number of amides is 1. The summed E-state index contributed by atoms with van der Waals surface area (Å²) in [7, 11) is 0. The minimum Gasteiger partial charge on any atom is -0.508 e. The lowest BCUT2D eigenvalue weighted by Crippen LogP contribution is -2.55. The Morgan fingerprint density at radius 2 is 1.63 bits per heavy atom. The van der Waals surface area contributed by atoms with Gasteiger partial charge in [0.25, 0.3) is 5.91 Å². The number of carbonyl (C=O) groups excluding carboxylic acids is 1. The lowest BCUT2D eigenvalue weighted by molar-refractivity contribution is -0.145. The van der Waals surface area contributed by atoms with E-state index in [1.54, 1.807) is 0 Å². The Balaban J connectivity index is 2.15. The van der Waals surface area contributed by atoms with Crippen molar-refractivity contribution in [3.05, 3.63) is 29.8 Å². The van der Waals surface area contributed by atoms with Crippen LogP contribution < -0.4 is 5.32 Å². The molecule has 5 heteroatoms. The average molecular weight is 263 g/mol. The van der Waals surface area contributed by atoms with E-state index in [2.05, 4.69) is 5.32 Å². The number of carbonyl (C=O) groups is 2. The molecule has 0 spiro atoms. The molecule has 0 unspecified atom stereocenters. The fourth-order valence-corrected chi connectivity index (χ4v) is 2.45. The number of rotatable bonds is 3. The van der Waals surface area contributed by atoms with Gasteiger partial charge in [-0.2, -0.15) is 0 Å². The quantitative estimate of drug-likeness (QED) is 0.777. The summed E-state index contributed by atoms with van der Waals surface area (Å²) >= 11 is 0. The van der Waals surface area contributed by atoms with Crippen molar-refractivity contribution in [3.63, 3.8) is 0 Å². The summed E-state index contributed by atoms with van der Waals surface area (Å²) in [5.41, 5.74) is -0.795. The molecule has 1 fully saturated rings. The fourth-order valence-electron chi connectivity index (χ4n) is 2.45. The molecule has 0 aromatic heterocycles. The van der Waals surface area contributed by atoms with Crippen molar-refractivity contribution in [2.45, 2.75) is 37.6 Å². The van der Waals surface area contributed by atoms with E-state index >= 15 is 0 Å². The van der Waals surface area contributed by atoms with Crippen molar-refractivity contribution in [2.24, 2.45) is 0 Å². The van der Waals surface area contributed by atoms with E-state index < -0.39 is 17.4 Å². The number of benzene rings is 1. The van der Waals surface area contributed by atoms with Gasteiger partial charge in [-0.05, 0) is 37.1 Å². The van der Waals surface area contributed by atoms with Crippen molar-refractivity contribution in [3.8, 4) is 5.75 Å². The van der Waals surface area contributed by atoms with Gasteiger partial charge in [-0.1, -0.05) is 19.3 Å². The molecule has 1 aromatic rings. The number of aliphatic carboxylic acids is 1. The molecule has 102 valence electrons. The summed E-state index contributed by atoms with van der Waals surface area (Å²) in [5.74, 6) is -1.31. The van der Waals surface area contributed by atoms with Gasteiger partial charge in [0.1, 0.15) is 11.3 Å². The van der Waals surface area contributed by atoms with E-state index in [1.807, 2.05) is 0 Å². The predicted octanol–water partition coefficient (Wildman–Crippen LogP) is 1.91. The smallest absolute Gasteiger partial charge is 0.329 e. The lowest BCUT2D eigenvalue weighted by Gasteiger charge is -2.33. The van der Waals surface area contributed by atoms with Gasteiger partial charge in [0.05, 0.1) is 0 Å². The second-order valence-corrected chi connectivity index (χ2v) is 4.95. The Kier molecular flexibility index (Phi) is 3.74. The maximum absolute atomic E-state index is 12.1. The van der Waals surface area contributed by atoms with Gasteiger partial charge >= 0.3 is 5.97 Å². The van der Waals surface area contributed by atoms with Crippen LogP contribution >= 0.6 is 0 Å². The number of carboxylic acid groups (broad SMARTS) is 1. The summed E-state index contributed by atoms with van der Waals surface area (Å²) in [5, 5.41) is 21.2. The summed E-state index contributed by atoms with van der Waals surface area (Å²) in [6.45, 7) is 0. The standard InChI is InChI=1S/C14H17NO4/c16-11-6-4-10(5-7-11)12(17)15-14(13(18)19)8-2-1-3-9-14/h4-7,16H,1-3,8-9H2,(H,15,17)(H,18,19). The maximum atomic E-state index is 12.1. The summed E-state index contributed by atoms with van der Waals surface area (Å²) < 4.78 is 0. The highest BCUT2D eigenvalue weighted by Crippen LogP contribution is 2.29. The van der Waals surface area contributed by atoms with E-state index in [0.717, 1.165) is 19.3 Å². The Labute approximate surface area is 111 Å². The Hall–Kier alpha value is -2.04. The highest BCUT2D eigenvalue weighted by Gasteiger charge is 2.41. The molecular formula is C14H17NO4. The fraction of sp³-hybridized carbons (Fsp3) is 0.429. The molecule has 5 nitrogen and oxygen atoms in total. The zero-order valence-corrected chi connectivity index (χ0v) is 10.6. The number of hydrogen-bond acceptors (Lipinski definition) is 3. The summed E-state index contributed by atoms with van der Waals surface area (Å²) in [6, 6.07) is 5.76. The van der Waals surface area contributed by atoms with Crippen molar-refractivity contribution in [1.82, 2.24) is 5.32 Å². The van der Waals surface area contributed by atoms with Gasteiger partial charge in [-0.15, -0.1) is 0 Å². The predicted molar refractivity (Wildman–Crippen MR) is 69.0 cm³/mol. The normalized spacial score (nSPS) is 17.7. The van der Waals surface area contributed by atoms with Crippen LogP contribution in [-0.4, -0.2) is 27.6 Å². The van der Waals surface area contributed by atoms with Crippen molar-refractivity contribution in [1.29, 1.82) is 0 Å². The topological polar surface area (TPSA) is 86.6 Å². The number of aromatic hydroxyl groups is 1. The van der Waals surface area contributed by atoms with Crippen LogP contribution in [0.5, 0.6) is 5.75 Å². The van der Waals surface area contributed by atoms with E-state index in [-0.39, 0.29) is 5.75 Å².